The van der Waals surface area contributed by atoms with Crippen LogP contribution in [0.3, 0.4) is 0 Å². The summed E-state index contributed by atoms with van der Waals surface area (Å²) >= 11 is 0. The Labute approximate surface area is 125 Å². The fourth-order valence-corrected chi connectivity index (χ4v) is 3.71. The molecule has 1 aromatic rings. The molecule has 2 aliphatic heterocycles. The average molecular weight is 290 g/mol. The Hall–Kier alpha value is -1.59. The van der Waals surface area contributed by atoms with Crippen molar-refractivity contribution in [2.24, 2.45) is 5.92 Å². The highest BCUT2D eigenvalue weighted by Gasteiger charge is 2.60. The zero-order valence-electron chi connectivity index (χ0n) is 12.7. The molecular weight excluding hydrogens is 268 g/mol. The number of nitrogens with zero attached hydrogens (tertiary/aromatic N) is 2. The molecule has 5 nitrogen and oxygen atoms in total. The van der Waals surface area contributed by atoms with Crippen LogP contribution in [0.5, 0.6) is 0 Å². The van der Waals surface area contributed by atoms with E-state index in [1.807, 2.05) is 23.3 Å². The summed E-state index contributed by atoms with van der Waals surface area (Å²) < 4.78 is 0. The van der Waals surface area contributed by atoms with Gasteiger partial charge in [-0.05, 0) is 26.3 Å². The summed E-state index contributed by atoms with van der Waals surface area (Å²) in [7, 11) is 0. The normalized spacial score (nSPS) is 29.7. The molecule has 2 unspecified atom stereocenters. The SMILES string of the molecule is CC(C)(C)N1OCC2CN(C(=O)O)CC21c1ccccc1. The van der Waals surface area contributed by atoms with Crippen LogP contribution in [0, 0.1) is 5.92 Å². The minimum atomic E-state index is -0.853. The number of benzene rings is 1. The third-order valence-corrected chi connectivity index (χ3v) is 4.47. The average Bonchev–Trinajstić information content (AvgIpc) is 2.94. The number of rotatable bonds is 1. The van der Waals surface area contributed by atoms with E-state index >= 15 is 0 Å². The van der Waals surface area contributed by atoms with Crippen LogP contribution in [-0.4, -0.2) is 46.4 Å². The minimum absolute atomic E-state index is 0.162. The lowest BCUT2D eigenvalue weighted by molar-refractivity contribution is -0.221. The van der Waals surface area contributed by atoms with Crippen LogP contribution >= 0.6 is 0 Å². The predicted molar refractivity (Wildman–Crippen MR) is 78.8 cm³/mol. The molecule has 1 N–H and O–H groups in total. The van der Waals surface area contributed by atoms with Crippen molar-refractivity contribution in [3.8, 4) is 0 Å². The van der Waals surface area contributed by atoms with Gasteiger partial charge in [0.25, 0.3) is 0 Å². The second-order valence-corrected chi connectivity index (χ2v) is 6.91. The highest BCUT2D eigenvalue weighted by molar-refractivity contribution is 5.66. The van der Waals surface area contributed by atoms with Crippen LogP contribution < -0.4 is 0 Å². The third kappa shape index (κ3) is 2.12. The van der Waals surface area contributed by atoms with Gasteiger partial charge < -0.3 is 10.0 Å². The van der Waals surface area contributed by atoms with E-state index in [4.69, 9.17) is 4.84 Å². The summed E-state index contributed by atoms with van der Waals surface area (Å²) in [5.74, 6) is 0.162. The van der Waals surface area contributed by atoms with Crippen molar-refractivity contribution in [3.63, 3.8) is 0 Å². The monoisotopic (exact) mass is 290 g/mol. The number of carbonyl (C=O) groups is 1. The summed E-state index contributed by atoms with van der Waals surface area (Å²) in [6.07, 6.45) is -0.853. The molecule has 3 rings (SSSR count). The maximum absolute atomic E-state index is 11.4. The van der Waals surface area contributed by atoms with Crippen molar-refractivity contribution in [1.29, 1.82) is 0 Å². The Morgan fingerprint density at radius 2 is 2.00 bits per heavy atom. The quantitative estimate of drug-likeness (QED) is 0.863. The van der Waals surface area contributed by atoms with E-state index in [1.165, 1.54) is 4.90 Å². The van der Waals surface area contributed by atoms with E-state index in [0.29, 0.717) is 19.7 Å². The molecule has 0 aliphatic carbocycles. The first-order valence-corrected chi connectivity index (χ1v) is 7.32. The maximum Gasteiger partial charge on any atom is 0.407 e. The standard InChI is InChI=1S/C16H22N2O3/c1-15(2,3)18-16(12-7-5-4-6-8-12)11-17(14(19)20)9-13(16)10-21-18/h4-8,13H,9-11H2,1-3H3,(H,19,20). The van der Waals surface area contributed by atoms with Gasteiger partial charge in [0, 0.05) is 24.5 Å². The van der Waals surface area contributed by atoms with Crippen molar-refractivity contribution < 1.29 is 14.7 Å². The second-order valence-electron chi connectivity index (χ2n) is 6.91. The summed E-state index contributed by atoms with van der Waals surface area (Å²) in [6, 6.07) is 10.1. The van der Waals surface area contributed by atoms with E-state index in [1.54, 1.807) is 0 Å². The molecule has 5 heteroatoms. The van der Waals surface area contributed by atoms with Crippen molar-refractivity contribution >= 4 is 6.09 Å². The lowest BCUT2D eigenvalue weighted by atomic mass is 9.79. The number of hydrogen-bond donors (Lipinski definition) is 1. The molecule has 2 heterocycles. The topological polar surface area (TPSA) is 53.0 Å². The molecule has 21 heavy (non-hydrogen) atoms. The Morgan fingerprint density at radius 3 is 2.57 bits per heavy atom. The molecule has 2 fully saturated rings. The molecule has 1 aromatic carbocycles. The minimum Gasteiger partial charge on any atom is -0.465 e. The van der Waals surface area contributed by atoms with E-state index in [9.17, 15) is 9.90 Å². The van der Waals surface area contributed by atoms with E-state index in [2.05, 4.69) is 32.9 Å². The molecule has 2 aliphatic rings. The van der Waals surface area contributed by atoms with Crippen molar-refractivity contribution in [2.45, 2.75) is 31.8 Å². The van der Waals surface area contributed by atoms with Crippen LogP contribution in [0.15, 0.2) is 30.3 Å². The Bertz CT molecular complexity index is 540. The Morgan fingerprint density at radius 1 is 1.33 bits per heavy atom. The van der Waals surface area contributed by atoms with Crippen LogP contribution in [0.2, 0.25) is 0 Å². The Balaban J connectivity index is 2.09. The second kappa shape index (κ2) is 4.71. The summed E-state index contributed by atoms with van der Waals surface area (Å²) in [4.78, 5) is 18.9. The van der Waals surface area contributed by atoms with Gasteiger partial charge in [0.15, 0.2) is 0 Å². The number of hydroxylamine groups is 2. The van der Waals surface area contributed by atoms with E-state index in [0.717, 1.165) is 5.56 Å². The molecule has 0 aromatic heterocycles. The van der Waals surface area contributed by atoms with Crippen molar-refractivity contribution in [3.05, 3.63) is 35.9 Å². The maximum atomic E-state index is 11.4. The van der Waals surface area contributed by atoms with Gasteiger partial charge in [-0.2, -0.15) is 5.06 Å². The van der Waals surface area contributed by atoms with E-state index < -0.39 is 11.6 Å². The van der Waals surface area contributed by atoms with Crippen LogP contribution in [-0.2, 0) is 10.4 Å². The van der Waals surface area contributed by atoms with Gasteiger partial charge in [0.2, 0.25) is 0 Å². The number of carboxylic acid groups (broad SMARTS) is 1. The highest BCUT2D eigenvalue weighted by Crippen LogP contribution is 2.49. The predicted octanol–water partition coefficient (Wildman–Crippen LogP) is 2.54. The first-order valence-electron chi connectivity index (χ1n) is 7.32. The van der Waals surface area contributed by atoms with Crippen LogP contribution in [0.1, 0.15) is 26.3 Å². The molecule has 0 saturated carbocycles. The molecule has 0 spiro atoms. The van der Waals surface area contributed by atoms with Crippen molar-refractivity contribution in [2.75, 3.05) is 19.7 Å². The molecule has 0 radical (unpaired) electrons. The van der Waals surface area contributed by atoms with Gasteiger partial charge in [-0.15, -0.1) is 0 Å². The van der Waals surface area contributed by atoms with Gasteiger partial charge in [-0.25, -0.2) is 4.79 Å². The summed E-state index contributed by atoms with van der Waals surface area (Å²) in [6.45, 7) is 7.84. The summed E-state index contributed by atoms with van der Waals surface area (Å²) in [5, 5.41) is 11.4. The van der Waals surface area contributed by atoms with Gasteiger partial charge >= 0.3 is 6.09 Å². The molecule has 2 saturated heterocycles. The third-order valence-electron chi connectivity index (χ3n) is 4.47. The first-order chi connectivity index (χ1) is 9.85. The van der Waals surface area contributed by atoms with Gasteiger partial charge in [-0.3, -0.25) is 4.84 Å². The number of fused-ring (bicyclic) bond motifs is 1. The smallest absolute Gasteiger partial charge is 0.407 e. The number of likely N-dealkylation sites (tertiary alicyclic amines) is 1. The zero-order valence-corrected chi connectivity index (χ0v) is 12.7. The molecule has 0 bridgehead atoms. The van der Waals surface area contributed by atoms with Crippen molar-refractivity contribution in [1.82, 2.24) is 9.96 Å². The lowest BCUT2D eigenvalue weighted by Gasteiger charge is -2.44. The zero-order chi connectivity index (χ0) is 15.3. The lowest BCUT2D eigenvalue weighted by Crippen LogP contribution is -2.54. The number of amides is 1. The molecular formula is C16H22N2O3. The molecule has 114 valence electrons. The van der Waals surface area contributed by atoms with E-state index in [-0.39, 0.29) is 11.5 Å². The summed E-state index contributed by atoms with van der Waals surface area (Å²) in [5.41, 5.74) is 0.544. The van der Waals surface area contributed by atoms with Crippen LogP contribution in [0.25, 0.3) is 0 Å². The van der Waals surface area contributed by atoms with Gasteiger partial charge in [0.1, 0.15) is 0 Å². The number of hydrogen-bond acceptors (Lipinski definition) is 3. The first kappa shape index (κ1) is 14.4. The van der Waals surface area contributed by atoms with Crippen LogP contribution in [0.4, 0.5) is 4.79 Å². The molecule has 2 atom stereocenters. The molecule has 1 amide bonds. The van der Waals surface area contributed by atoms with Gasteiger partial charge in [0.05, 0.1) is 12.1 Å². The highest BCUT2D eigenvalue weighted by atomic mass is 16.7. The van der Waals surface area contributed by atoms with Gasteiger partial charge in [-0.1, -0.05) is 30.3 Å². The fraction of sp³-hybridized carbons (Fsp3) is 0.562. The largest absolute Gasteiger partial charge is 0.465 e. The fourth-order valence-electron chi connectivity index (χ4n) is 3.71. The Kier molecular flexibility index (Phi) is 3.22.